The van der Waals surface area contributed by atoms with Gasteiger partial charge in [-0.05, 0) is 6.42 Å². The highest BCUT2D eigenvalue weighted by Crippen LogP contribution is 2.14. The van der Waals surface area contributed by atoms with Crippen LogP contribution in [0.15, 0.2) is 30.3 Å². The molecule has 0 radical (unpaired) electrons. The predicted molar refractivity (Wildman–Crippen MR) is 64.3 cm³/mol. The number of rotatable bonds is 5. The minimum atomic E-state index is -3.49. The van der Waals surface area contributed by atoms with Crippen LogP contribution in [0.25, 0.3) is 0 Å². The van der Waals surface area contributed by atoms with Crippen molar-refractivity contribution >= 4 is 15.6 Å². The number of nitriles is 1. The minimum Gasteiger partial charge on any atom is -0.293 e. The summed E-state index contributed by atoms with van der Waals surface area (Å²) in [6.07, 6.45) is 1.12. The molecule has 1 aromatic rings. The van der Waals surface area contributed by atoms with Crippen molar-refractivity contribution in [3.8, 4) is 6.07 Å². The molecule has 0 aliphatic rings. The Bertz CT molecular complexity index is 529. The molecule has 0 aromatic heterocycles. The van der Waals surface area contributed by atoms with Crippen LogP contribution in [-0.4, -0.2) is 25.7 Å². The van der Waals surface area contributed by atoms with Crippen LogP contribution in [0, 0.1) is 11.3 Å². The summed E-state index contributed by atoms with van der Waals surface area (Å²) in [5.74, 6) is -0.441. The molecule has 0 aliphatic heterocycles. The lowest BCUT2D eigenvalue weighted by atomic mass is 10.1. The van der Waals surface area contributed by atoms with Crippen LogP contribution in [0.2, 0.25) is 0 Å². The van der Waals surface area contributed by atoms with E-state index in [2.05, 4.69) is 0 Å². The van der Waals surface area contributed by atoms with Crippen LogP contribution in [-0.2, 0) is 9.84 Å². The van der Waals surface area contributed by atoms with Crippen molar-refractivity contribution in [2.45, 2.75) is 18.1 Å². The zero-order chi connectivity index (χ0) is 12.9. The predicted octanol–water partition coefficient (Wildman–Crippen LogP) is 1.59. The van der Waals surface area contributed by atoms with Crippen LogP contribution in [0.1, 0.15) is 23.2 Å². The number of Topliss-reactive ketones (excluding diaryl/α,β-unsaturated/α-hetero) is 1. The van der Waals surface area contributed by atoms with E-state index < -0.39 is 20.9 Å². The van der Waals surface area contributed by atoms with E-state index in [0.29, 0.717) is 5.56 Å². The summed E-state index contributed by atoms with van der Waals surface area (Å²) in [6, 6.07) is 10.1. The molecule has 1 aromatic carbocycles. The van der Waals surface area contributed by atoms with Gasteiger partial charge >= 0.3 is 0 Å². The first kappa shape index (κ1) is 13.4. The molecule has 0 N–H and O–H groups in total. The second-order valence-electron chi connectivity index (χ2n) is 3.75. The van der Waals surface area contributed by atoms with Crippen molar-refractivity contribution in [1.29, 1.82) is 5.26 Å². The van der Waals surface area contributed by atoms with Gasteiger partial charge in [0.2, 0.25) is 0 Å². The molecule has 0 bridgehead atoms. The van der Waals surface area contributed by atoms with Crippen molar-refractivity contribution in [3.63, 3.8) is 0 Å². The summed E-state index contributed by atoms with van der Waals surface area (Å²) in [4.78, 5) is 12.0. The number of benzene rings is 1. The Morgan fingerprint density at radius 2 is 1.94 bits per heavy atom. The van der Waals surface area contributed by atoms with Gasteiger partial charge < -0.3 is 0 Å². The van der Waals surface area contributed by atoms with Crippen LogP contribution < -0.4 is 0 Å². The fraction of sp³-hybridized carbons (Fsp3) is 0.333. The largest absolute Gasteiger partial charge is 0.293 e. The fourth-order valence-electron chi connectivity index (χ4n) is 1.52. The summed E-state index contributed by atoms with van der Waals surface area (Å²) in [5, 5.41) is 7.36. The molecule has 0 fully saturated rings. The van der Waals surface area contributed by atoms with Gasteiger partial charge in [0.05, 0.1) is 6.07 Å². The van der Waals surface area contributed by atoms with E-state index in [-0.39, 0.29) is 12.8 Å². The van der Waals surface area contributed by atoms with Crippen molar-refractivity contribution in [2.75, 3.05) is 6.26 Å². The first-order chi connectivity index (χ1) is 7.96. The summed E-state index contributed by atoms with van der Waals surface area (Å²) < 4.78 is 23.0. The van der Waals surface area contributed by atoms with Crippen LogP contribution in [0.3, 0.4) is 0 Å². The number of carbonyl (C=O) groups excluding carboxylic acids is 1. The Morgan fingerprint density at radius 1 is 1.35 bits per heavy atom. The Balaban J connectivity index is 3.01. The smallest absolute Gasteiger partial charge is 0.180 e. The van der Waals surface area contributed by atoms with Gasteiger partial charge in [0, 0.05) is 18.2 Å². The van der Waals surface area contributed by atoms with Gasteiger partial charge in [-0.2, -0.15) is 5.26 Å². The lowest BCUT2D eigenvalue weighted by Crippen LogP contribution is -2.29. The number of ketones is 1. The maximum Gasteiger partial charge on any atom is 0.180 e. The first-order valence-electron chi connectivity index (χ1n) is 5.12. The summed E-state index contributed by atoms with van der Waals surface area (Å²) >= 11 is 0. The van der Waals surface area contributed by atoms with E-state index in [4.69, 9.17) is 5.26 Å². The molecule has 0 spiro atoms. The topological polar surface area (TPSA) is 75.0 Å². The van der Waals surface area contributed by atoms with Crippen LogP contribution in [0.4, 0.5) is 0 Å². The van der Waals surface area contributed by atoms with Crippen molar-refractivity contribution in [3.05, 3.63) is 35.9 Å². The highest BCUT2D eigenvalue weighted by Gasteiger charge is 2.28. The maximum atomic E-state index is 12.0. The van der Waals surface area contributed by atoms with Crippen LogP contribution >= 0.6 is 0 Å². The molecule has 0 saturated heterocycles. The normalized spacial score (nSPS) is 12.7. The minimum absolute atomic E-state index is 0.0447. The van der Waals surface area contributed by atoms with Gasteiger partial charge in [0.15, 0.2) is 15.6 Å². The number of nitrogens with zero attached hydrogens (tertiary/aromatic N) is 1. The van der Waals surface area contributed by atoms with E-state index in [1.165, 1.54) is 0 Å². The molecule has 0 aliphatic carbocycles. The van der Waals surface area contributed by atoms with Gasteiger partial charge in [-0.25, -0.2) is 8.42 Å². The average Bonchev–Trinajstić information content (AvgIpc) is 2.29. The zero-order valence-corrected chi connectivity index (χ0v) is 10.3. The van der Waals surface area contributed by atoms with Crippen molar-refractivity contribution in [2.24, 2.45) is 0 Å². The summed E-state index contributed by atoms with van der Waals surface area (Å²) in [5.41, 5.74) is 0.362. The molecule has 1 unspecified atom stereocenters. The van der Waals surface area contributed by atoms with E-state index in [0.717, 1.165) is 6.26 Å². The highest BCUT2D eigenvalue weighted by atomic mass is 32.2. The van der Waals surface area contributed by atoms with Gasteiger partial charge in [-0.3, -0.25) is 4.79 Å². The molecule has 90 valence electrons. The fourth-order valence-corrected chi connectivity index (χ4v) is 2.59. The first-order valence-corrected chi connectivity index (χ1v) is 7.07. The third kappa shape index (κ3) is 3.68. The Hall–Kier alpha value is -1.67. The van der Waals surface area contributed by atoms with Gasteiger partial charge in [0.25, 0.3) is 0 Å². The third-order valence-corrected chi connectivity index (χ3v) is 3.87. The van der Waals surface area contributed by atoms with Gasteiger partial charge in [0.1, 0.15) is 5.25 Å². The molecule has 1 atom stereocenters. The molecular formula is C12H13NO3S. The Labute approximate surface area is 101 Å². The SMILES string of the molecule is CS(=O)(=O)C(CCC#N)C(=O)c1ccccc1. The van der Waals surface area contributed by atoms with Crippen LogP contribution in [0.5, 0.6) is 0 Å². The number of carbonyl (C=O) groups is 1. The summed E-state index contributed by atoms with van der Waals surface area (Å²) in [7, 11) is -3.49. The second-order valence-corrected chi connectivity index (χ2v) is 5.97. The highest BCUT2D eigenvalue weighted by molar-refractivity contribution is 7.92. The van der Waals surface area contributed by atoms with Crippen molar-refractivity contribution < 1.29 is 13.2 Å². The second kappa shape index (κ2) is 5.60. The molecular weight excluding hydrogens is 238 g/mol. The number of hydrogen-bond donors (Lipinski definition) is 0. The molecule has 1 rings (SSSR count). The number of hydrogen-bond acceptors (Lipinski definition) is 4. The Morgan fingerprint density at radius 3 is 2.41 bits per heavy atom. The molecule has 5 heteroatoms. The third-order valence-electron chi connectivity index (χ3n) is 2.39. The molecule has 0 amide bonds. The van der Waals surface area contributed by atoms with E-state index in [1.54, 1.807) is 30.3 Å². The zero-order valence-electron chi connectivity index (χ0n) is 9.46. The van der Waals surface area contributed by atoms with E-state index in [1.807, 2.05) is 6.07 Å². The average molecular weight is 251 g/mol. The molecule has 0 heterocycles. The lowest BCUT2D eigenvalue weighted by Gasteiger charge is -2.12. The maximum absolute atomic E-state index is 12.0. The van der Waals surface area contributed by atoms with E-state index >= 15 is 0 Å². The molecule has 17 heavy (non-hydrogen) atoms. The quantitative estimate of drug-likeness (QED) is 0.745. The standard InChI is InChI=1S/C12H13NO3S/c1-17(15,16)11(8-5-9-13)12(14)10-6-3-2-4-7-10/h2-4,6-7,11H,5,8H2,1H3. The lowest BCUT2D eigenvalue weighted by molar-refractivity contribution is 0.0984. The summed E-state index contributed by atoms with van der Waals surface area (Å²) in [6.45, 7) is 0. The van der Waals surface area contributed by atoms with Crippen molar-refractivity contribution in [1.82, 2.24) is 0 Å². The molecule has 4 nitrogen and oxygen atoms in total. The van der Waals surface area contributed by atoms with Gasteiger partial charge in [-0.15, -0.1) is 0 Å². The Kier molecular flexibility index (Phi) is 4.41. The van der Waals surface area contributed by atoms with Gasteiger partial charge in [-0.1, -0.05) is 30.3 Å². The number of sulfone groups is 1. The molecule has 0 saturated carbocycles. The monoisotopic (exact) mass is 251 g/mol. The van der Waals surface area contributed by atoms with E-state index in [9.17, 15) is 13.2 Å².